The number of nitrogens with one attached hydrogen (secondary N) is 1. The largest absolute Gasteiger partial charge is 0.396 e. The number of ether oxygens (including phenoxy) is 1. The number of nitrogens with zero attached hydrogens (tertiary/aromatic N) is 4. The Hall–Kier alpha value is -2.09. The fraction of sp³-hybridized carbons (Fsp3) is 0.526. The number of hydrogen-bond donors (Lipinski definition) is 2. The molecule has 2 aliphatic heterocycles. The normalized spacial score (nSPS) is 20.5. The summed E-state index contributed by atoms with van der Waals surface area (Å²) in [5, 5.41) is 12.7. The third-order valence-corrected chi connectivity index (χ3v) is 4.97. The van der Waals surface area contributed by atoms with Crippen molar-refractivity contribution in [2.75, 3.05) is 44.3 Å². The molecule has 7 heteroatoms. The Labute approximate surface area is 153 Å². The van der Waals surface area contributed by atoms with Crippen LogP contribution in [0, 0.1) is 0 Å². The van der Waals surface area contributed by atoms with Gasteiger partial charge in [-0.05, 0) is 31.5 Å². The van der Waals surface area contributed by atoms with Crippen LogP contribution in [0.5, 0.6) is 0 Å². The molecule has 4 rings (SSSR count). The van der Waals surface area contributed by atoms with Gasteiger partial charge < -0.3 is 20.1 Å². The molecule has 0 saturated carbocycles. The third kappa shape index (κ3) is 3.70. The molecule has 1 saturated heterocycles. The number of anilines is 1. The van der Waals surface area contributed by atoms with E-state index in [2.05, 4.69) is 15.2 Å². The van der Waals surface area contributed by atoms with E-state index in [0.717, 1.165) is 61.9 Å². The third-order valence-electron chi connectivity index (χ3n) is 4.97. The average molecular weight is 355 g/mol. The molecule has 2 aliphatic rings. The van der Waals surface area contributed by atoms with Crippen LogP contribution in [0.25, 0.3) is 11.4 Å². The molecule has 1 atom stereocenters. The van der Waals surface area contributed by atoms with Gasteiger partial charge in [-0.2, -0.15) is 0 Å². The molecule has 2 aromatic rings. The topological polar surface area (TPSA) is 83.4 Å². The zero-order valence-electron chi connectivity index (χ0n) is 14.9. The van der Waals surface area contributed by atoms with E-state index in [-0.39, 0.29) is 12.7 Å². The summed E-state index contributed by atoms with van der Waals surface area (Å²) in [5.41, 5.74) is 3.31. The zero-order valence-corrected chi connectivity index (χ0v) is 14.9. The molecule has 0 aromatic carbocycles. The number of fused-ring (bicyclic) bond motifs is 1. The van der Waals surface area contributed by atoms with Gasteiger partial charge in [-0.1, -0.05) is 0 Å². The second-order valence-corrected chi connectivity index (χ2v) is 6.74. The molecule has 0 amide bonds. The first-order valence-corrected chi connectivity index (χ1v) is 9.33. The minimum atomic E-state index is 0.0464. The minimum absolute atomic E-state index is 0.0464. The van der Waals surface area contributed by atoms with E-state index in [4.69, 9.17) is 14.7 Å². The van der Waals surface area contributed by atoms with Gasteiger partial charge in [0.2, 0.25) is 0 Å². The van der Waals surface area contributed by atoms with Gasteiger partial charge in [0.25, 0.3) is 0 Å². The number of aliphatic hydroxyl groups excluding tert-OH is 1. The van der Waals surface area contributed by atoms with Gasteiger partial charge in [0, 0.05) is 56.2 Å². The monoisotopic (exact) mass is 355 g/mol. The molecule has 0 unspecified atom stereocenters. The van der Waals surface area contributed by atoms with E-state index >= 15 is 0 Å². The Morgan fingerprint density at radius 2 is 2.19 bits per heavy atom. The van der Waals surface area contributed by atoms with Crippen molar-refractivity contribution in [1.82, 2.24) is 20.3 Å². The first kappa shape index (κ1) is 17.3. The average Bonchev–Trinajstić information content (AvgIpc) is 2.94. The molecule has 0 radical (unpaired) electrons. The second-order valence-electron chi connectivity index (χ2n) is 6.74. The first-order valence-electron chi connectivity index (χ1n) is 9.33. The SMILES string of the molecule is OCC[C@@H]1CN(c2nc(-c3cccnc3)nc3c2CCNCC3)CCO1. The van der Waals surface area contributed by atoms with E-state index in [1.165, 1.54) is 5.56 Å². The van der Waals surface area contributed by atoms with Crippen molar-refractivity contribution in [2.45, 2.75) is 25.4 Å². The van der Waals surface area contributed by atoms with Crippen LogP contribution < -0.4 is 10.2 Å². The van der Waals surface area contributed by atoms with Crippen molar-refractivity contribution in [3.05, 3.63) is 35.8 Å². The second kappa shape index (κ2) is 8.07. The molecule has 2 aromatic heterocycles. The molecule has 2 N–H and O–H groups in total. The number of aromatic nitrogens is 3. The molecule has 138 valence electrons. The molecule has 7 nitrogen and oxygen atoms in total. The van der Waals surface area contributed by atoms with Gasteiger partial charge in [0.1, 0.15) is 5.82 Å². The predicted molar refractivity (Wildman–Crippen MR) is 99.2 cm³/mol. The van der Waals surface area contributed by atoms with E-state index in [1.54, 1.807) is 6.20 Å². The highest BCUT2D eigenvalue weighted by atomic mass is 16.5. The van der Waals surface area contributed by atoms with Gasteiger partial charge in [-0.3, -0.25) is 4.98 Å². The van der Waals surface area contributed by atoms with Crippen LogP contribution in [0.2, 0.25) is 0 Å². The fourth-order valence-corrected chi connectivity index (χ4v) is 3.64. The van der Waals surface area contributed by atoms with E-state index < -0.39 is 0 Å². The fourth-order valence-electron chi connectivity index (χ4n) is 3.64. The van der Waals surface area contributed by atoms with Crippen LogP contribution in [0.4, 0.5) is 5.82 Å². The number of morpholine rings is 1. The van der Waals surface area contributed by atoms with Crippen LogP contribution in [-0.2, 0) is 17.6 Å². The van der Waals surface area contributed by atoms with Crippen molar-refractivity contribution < 1.29 is 9.84 Å². The van der Waals surface area contributed by atoms with Crippen molar-refractivity contribution in [3.8, 4) is 11.4 Å². The zero-order chi connectivity index (χ0) is 17.8. The molecule has 0 aliphatic carbocycles. The van der Waals surface area contributed by atoms with E-state index in [1.807, 2.05) is 18.3 Å². The maximum Gasteiger partial charge on any atom is 0.163 e. The molecule has 26 heavy (non-hydrogen) atoms. The highest BCUT2D eigenvalue weighted by Crippen LogP contribution is 2.28. The van der Waals surface area contributed by atoms with Crippen LogP contribution >= 0.6 is 0 Å². The highest BCUT2D eigenvalue weighted by molar-refractivity contribution is 5.60. The van der Waals surface area contributed by atoms with Crippen molar-refractivity contribution in [1.29, 1.82) is 0 Å². The van der Waals surface area contributed by atoms with Gasteiger partial charge in [-0.15, -0.1) is 0 Å². The lowest BCUT2D eigenvalue weighted by Crippen LogP contribution is -2.44. The van der Waals surface area contributed by atoms with Crippen LogP contribution in [0.1, 0.15) is 17.7 Å². The van der Waals surface area contributed by atoms with Crippen LogP contribution in [0.3, 0.4) is 0 Å². The lowest BCUT2D eigenvalue weighted by Gasteiger charge is -2.35. The van der Waals surface area contributed by atoms with E-state index in [9.17, 15) is 5.11 Å². The maximum atomic E-state index is 9.26. The number of aliphatic hydroxyl groups is 1. The summed E-state index contributed by atoms with van der Waals surface area (Å²) in [6.45, 7) is 4.25. The molecule has 0 spiro atoms. The van der Waals surface area contributed by atoms with Gasteiger partial charge in [-0.25, -0.2) is 9.97 Å². The summed E-state index contributed by atoms with van der Waals surface area (Å²) in [4.78, 5) is 16.3. The quantitative estimate of drug-likeness (QED) is 0.840. The maximum absolute atomic E-state index is 9.26. The number of hydrogen-bond acceptors (Lipinski definition) is 7. The Morgan fingerprint density at radius 3 is 3.04 bits per heavy atom. The lowest BCUT2D eigenvalue weighted by atomic mass is 10.1. The van der Waals surface area contributed by atoms with Crippen molar-refractivity contribution in [3.63, 3.8) is 0 Å². The van der Waals surface area contributed by atoms with E-state index in [0.29, 0.717) is 13.0 Å². The van der Waals surface area contributed by atoms with Gasteiger partial charge in [0.05, 0.1) is 18.4 Å². The van der Waals surface area contributed by atoms with Crippen molar-refractivity contribution in [2.24, 2.45) is 0 Å². The summed E-state index contributed by atoms with van der Waals surface area (Å²) in [6.07, 6.45) is 6.11. The summed E-state index contributed by atoms with van der Waals surface area (Å²) >= 11 is 0. The number of pyridine rings is 1. The Kier molecular flexibility index (Phi) is 5.38. The number of rotatable bonds is 4. The summed E-state index contributed by atoms with van der Waals surface area (Å²) < 4.78 is 5.79. The summed E-state index contributed by atoms with van der Waals surface area (Å²) in [6, 6.07) is 3.92. The summed E-state index contributed by atoms with van der Waals surface area (Å²) in [7, 11) is 0. The Balaban J connectivity index is 1.74. The standard InChI is InChI=1S/C19H25N5O2/c25-10-5-15-13-24(9-11-26-15)19-16-3-7-20-8-4-17(16)22-18(23-19)14-2-1-6-21-12-14/h1-2,6,12,15,20,25H,3-5,7-11,13H2/t15-/m1/s1. The molecule has 1 fully saturated rings. The molecular formula is C19H25N5O2. The van der Waals surface area contributed by atoms with Gasteiger partial charge >= 0.3 is 0 Å². The smallest absolute Gasteiger partial charge is 0.163 e. The van der Waals surface area contributed by atoms with Crippen molar-refractivity contribution >= 4 is 5.82 Å². The Morgan fingerprint density at radius 1 is 1.27 bits per heavy atom. The molecule has 0 bridgehead atoms. The van der Waals surface area contributed by atoms with Crippen LogP contribution in [0.15, 0.2) is 24.5 Å². The lowest BCUT2D eigenvalue weighted by molar-refractivity contribution is 0.0244. The highest BCUT2D eigenvalue weighted by Gasteiger charge is 2.26. The predicted octanol–water partition coefficient (Wildman–Crippen LogP) is 0.814. The van der Waals surface area contributed by atoms with Gasteiger partial charge in [0.15, 0.2) is 5.82 Å². The minimum Gasteiger partial charge on any atom is -0.396 e. The van der Waals surface area contributed by atoms with Crippen LogP contribution in [-0.4, -0.2) is 65.6 Å². The molecular weight excluding hydrogens is 330 g/mol. The molecule has 4 heterocycles. The Bertz CT molecular complexity index is 738. The first-order chi connectivity index (χ1) is 12.8. The summed E-state index contributed by atoms with van der Waals surface area (Å²) in [5.74, 6) is 1.75.